The Morgan fingerprint density at radius 1 is 0.641 bits per heavy atom. The predicted octanol–water partition coefficient (Wildman–Crippen LogP) is 9.06. The standard InChI is InChI=1S/C33H21Cl2N3O/c34-24-18-26-29-25(15-8-16-28(29)39-30(26)27(35)19-24)22-13-7-14-23(17-22)33-37-31(20-9-3-1-4-10-20)36-32(38-33)21-11-5-2-6-12-21/h1-19,31H,(H,36,37,38). The van der Waals surface area contributed by atoms with Gasteiger partial charge in [0.1, 0.15) is 17.3 Å². The highest BCUT2D eigenvalue weighted by atomic mass is 35.5. The average Bonchev–Trinajstić information content (AvgIpc) is 3.37. The van der Waals surface area contributed by atoms with Crippen molar-refractivity contribution in [3.05, 3.63) is 142 Å². The van der Waals surface area contributed by atoms with Crippen LogP contribution in [0.1, 0.15) is 22.9 Å². The van der Waals surface area contributed by atoms with E-state index in [1.807, 2.05) is 72.8 Å². The van der Waals surface area contributed by atoms with E-state index in [0.29, 0.717) is 15.6 Å². The zero-order valence-electron chi connectivity index (χ0n) is 20.6. The molecule has 1 N–H and O–H groups in total. The van der Waals surface area contributed by atoms with Gasteiger partial charge in [0.05, 0.1) is 5.02 Å². The summed E-state index contributed by atoms with van der Waals surface area (Å²) in [6.45, 7) is 0. The van der Waals surface area contributed by atoms with Crippen LogP contribution in [0.3, 0.4) is 0 Å². The van der Waals surface area contributed by atoms with Crippen LogP contribution in [0.25, 0.3) is 33.1 Å². The van der Waals surface area contributed by atoms with E-state index in [2.05, 4.69) is 41.7 Å². The number of furan rings is 1. The Bertz CT molecular complexity index is 1910. The first-order valence-electron chi connectivity index (χ1n) is 12.6. The van der Waals surface area contributed by atoms with Crippen LogP contribution < -0.4 is 5.32 Å². The van der Waals surface area contributed by atoms with Crippen molar-refractivity contribution in [1.82, 2.24) is 5.32 Å². The van der Waals surface area contributed by atoms with Gasteiger partial charge in [-0.1, -0.05) is 114 Å². The fraction of sp³-hybridized carbons (Fsp3) is 0.0303. The van der Waals surface area contributed by atoms with Crippen molar-refractivity contribution in [1.29, 1.82) is 0 Å². The van der Waals surface area contributed by atoms with Crippen molar-refractivity contribution < 1.29 is 4.42 Å². The molecule has 7 rings (SSSR count). The number of benzene rings is 5. The molecule has 4 nitrogen and oxygen atoms in total. The lowest BCUT2D eigenvalue weighted by Crippen LogP contribution is -2.36. The molecular weight excluding hydrogens is 525 g/mol. The summed E-state index contributed by atoms with van der Waals surface area (Å²) >= 11 is 12.8. The van der Waals surface area contributed by atoms with Crippen molar-refractivity contribution in [2.24, 2.45) is 9.98 Å². The first-order chi connectivity index (χ1) is 19.1. The first kappa shape index (κ1) is 23.7. The summed E-state index contributed by atoms with van der Waals surface area (Å²) in [5.74, 6) is 1.54. The van der Waals surface area contributed by atoms with Gasteiger partial charge >= 0.3 is 0 Å². The van der Waals surface area contributed by atoms with E-state index in [9.17, 15) is 0 Å². The number of amidine groups is 2. The number of aliphatic imine (C=N–C) groups is 2. The number of nitrogens with zero attached hydrogens (tertiary/aromatic N) is 2. The Morgan fingerprint density at radius 3 is 2.10 bits per heavy atom. The van der Waals surface area contributed by atoms with Gasteiger partial charge in [0.25, 0.3) is 0 Å². The van der Waals surface area contributed by atoms with E-state index in [1.165, 1.54) is 0 Å². The molecule has 39 heavy (non-hydrogen) atoms. The molecule has 1 unspecified atom stereocenters. The SMILES string of the molecule is Clc1cc(Cl)c2oc3cccc(-c4cccc(C5=NC(c6ccccc6)N=C(c6ccccc6)N5)c4)c3c2c1. The van der Waals surface area contributed by atoms with E-state index in [-0.39, 0.29) is 6.17 Å². The Labute approximate surface area is 235 Å². The minimum atomic E-state index is -0.355. The maximum absolute atomic E-state index is 6.47. The Kier molecular flexibility index (Phi) is 5.92. The van der Waals surface area contributed by atoms with Crippen molar-refractivity contribution in [3.8, 4) is 11.1 Å². The number of nitrogens with one attached hydrogen (secondary N) is 1. The Balaban J connectivity index is 1.36. The molecule has 188 valence electrons. The second-order valence-electron chi connectivity index (χ2n) is 9.36. The van der Waals surface area contributed by atoms with Crippen LogP contribution in [-0.2, 0) is 0 Å². The van der Waals surface area contributed by atoms with Crippen molar-refractivity contribution >= 4 is 56.8 Å². The smallest absolute Gasteiger partial charge is 0.169 e. The van der Waals surface area contributed by atoms with Crippen LogP contribution in [0.4, 0.5) is 0 Å². The third-order valence-electron chi connectivity index (χ3n) is 6.85. The number of halogens is 2. The summed E-state index contributed by atoms with van der Waals surface area (Å²) in [6, 6.07) is 38.2. The maximum atomic E-state index is 6.47. The first-order valence-corrected chi connectivity index (χ1v) is 13.3. The van der Waals surface area contributed by atoms with E-state index < -0.39 is 0 Å². The zero-order valence-corrected chi connectivity index (χ0v) is 22.1. The summed E-state index contributed by atoms with van der Waals surface area (Å²) in [6.07, 6.45) is -0.355. The second-order valence-corrected chi connectivity index (χ2v) is 10.2. The third-order valence-corrected chi connectivity index (χ3v) is 7.35. The minimum Gasteiger partial charge on any atom is -0.454 e. The summed E-state index contributed by atoms with van der Waals surface area (Å²) in [5.41, 5.74) is 6.44. The molecule has 0 aliphatic carbocycles. The van der Waals surface area contributed by atoms with Crippen LogP contribution in [0.2, 0.25) is 10.0 Å². The van der Waals surface area contributed by atoms with Crippen LogP contribution in [-0.4, -0.2) is 11.7 Å². The molecule has 1 aliphatic rings. The molecule has 0 fully saturated rings. The second kappa shape index (κ2) is 9.73. The summed E-state index contributed by atoms with van der Waals surface area (Å²) in [4.78, 5) is 9.97. The summed E-state index contributed by atoms with van der Waals surface area (Å²) < 4.78 is 6.13. The number of fused-ring (bicyclic) bond motifs is 3. The van der Waals surface area contributed by atoms with Gasteiger partial charge in [-0.25, -0.2) is 9.98 Å². The van der Waals surface area contributed by atoms with Gasteiger partial charge in [-0.3, -0.25) is 0 Å². The lowest BCUT2D eigenvalue weighted by atomic mass is 9.97. The topological polar surface area (TPSA) is 49.9 Å². The average molecular weight is 546 g/mol. The maximum Gasteiger partial charge on any atom is 0.169 e. The van der Waals surface area contributed by atoms with Crippen molar-refractivity contribution in [2.75, 3.05) is 0 Å². The Hall–Kier alpha value is -4.38. The van der Waals surface area contributed by atoms with E-state index in [4.69, 9.17) is 37.6 Å². The molecule has 0 saturated heterocycles. The quantitative estimate of drug-likeness (QED) is 0.240. The molecule has 1 atom stereocenters. The molecule has 2 heterocycles. The molecule has 6 aromatic rings. The van der Waals surface area contributed by atoms with E-state index in [0.717, 1.165) is 55.8 Å². The number of hydrogen-bond acceptors (Lipinski definition) is 4. The van der Waals surface area contributed by atoms with Gasteiger partial charge < -0.3 is 9.73 Å². The van der Waals surface area contributed by atoms with E-state index in [1.54, 1.807) is 6.07 Å². The summed E-state index contributed by atoms with van der Waals surface area (Å²) in [5, 5.41) is 6.41. The monoisotopic (exact) mass is 545 g/mol. The van der Waals surface area contributed by atoms with Crippen LogP contribution in [0.15, 0.2) is 130 Å². The van der Waals surface area contributed by atoms with Gasteiger partial charge in [0.15, 0.2) is 11.7 Å². The van der Waals surface area contributed by atoms with Gasteiger partial charge in [-0.05, 0) is 41.0 Å². The van der Waals surface area contributed by atoms with Gasteiger partial charge in [-0.15, -0.1) is 0 Å². The van der Waals surface area contributed by atoms with Gasteiger partial charge in [-0.2, -0.15) is 0 Å². The largest absolute Gasteiger partial charge is 0.454 e. The highest BCUT2D eigenvalue weighted by Gasteiger charge is 2.21. The molecule has 5 aromatic carbocycles. The summed E-state index contributed by atoms with van der Waals surface area (Å²) in [7, 11) is 0. The molecule has 0 radical (unpaired) electrons. The third kappa shape index (κ3) is 4.38. The highest BCUT2D eigenvalue weighted by Crippen LogP contribution is 2.40. The fourth-order valence-electron chi connectivity index (χ4n) is 5.04. The lowest BCUT2D eigenvalue weighted by Gasteiger charge is -2.22. The van der Waals surface area contributed by atoms with Crippen molar-refractivity contribution in [2.45, 2.75) is 6.17 Å². The highest BCUT2D eigenvalue weighted by molar-refractivity contribution is 6.39. The van der Waals surface area contributed by atoms with E-state index >= 15 is 0 Å². The Morgan fingerprint density at radius 2 is 1.31 bits per heavy atom. The molecule has 0 spiro atoms. The number of hydrogen-bond donors (Lipinski definition) is 1. The normalized spacial score (nSPS) is 15.2. The zero-order chi connectivity index (χ0) is 26.3. The lowest BCUT2D eigenvalue weighted by molar-refractivity contribution is 0.669. The predicted molar refractivity (Wildman–Crippen MR) is 161 cm³/mol. The van der Waals surface area contributed by atoms with Gasteiger partial charge in [0.2, 0.25) is 0 Å². The molecule has 6 heteroatoms. The minimum absolute atomic E-state index is 0.355. The number of rotatable bonds is 4. The van der Waals surface area contributed by atoms with Crippen molar-refractivity contribution in [3.63, 3.8) is 0 Å². The fourth-order valence-corrected chi connectivity index (χ4v) is 5.57. The molecule has 1 aliphatic heterocycles. The molecule has 0 bridgehead atoms. The molecule has 1 aromatic heterocycles. The molecule has 0 saturated carbocycles. The van der Waals surface area contributed by atoms with Crippen LogP contribution in [0.5, 0.6) is 0 Å². The van der Waals surface area contributed by atoms with Crippen LogP contribution >= 0.6 is 23.2 Å². The van der Waals surface area contributed by atoms with Gasteiger partial charge in [0, 0.05) is 26.9 Å². The van der Waals surface area contributed by atoms with Crippen LogP contribution in [0, 0.1) is 0 Å². The molecular formula is C33H21Cl2N3O. The molecule has 0 amide bonds.